The number of fused-ring (bicyclic) bond motifs is 1. The van der Waals surface area contributed by atoms with Gasteiger partial charge in [-0.25, -0.2) is 17.9 Å². The molecule has 6 nitrogen and oxygen atoms in total. The molecule has 0 aliphatic rings. The molecule has 0 spiro atoms. The van der Waals surface area contributed by atoms with Crippen LogP contribution in [0.2, 0.25) is 0 Å². The maximum atomic E-state index is 13.3. The molecule has 3 aromatic heterocycles. The van der Waals surface area contributed by atoms with Crippen LogP contribution in [0.3, 0.4) is 0 Å². The van der Waals surface area contributed by atoms with E-state index >= 15 is 0 Å². The van der Waals surface area contributed by atoms with Gasteiger partial charge >= 0.3 is 0 Å². The van der Waals surface area contributed by atoms with Gasteiger partial charge in [0, 0.05) is 11.9 Å². The van der Waals surface area contributed by atoms with Gasteiger partial charge in [-0.3, -0.25) is 4.98 Å². The van der Waals surface area contributed by atoms with Gasteiger partial charge in [0.1, 0.15) is 5.03 Å². The lowest BCUT2D eigenvalue weighted by atomic mass is 10.2. The van der Waals surface area contributed by atoms with Crippen LogP contribution < -0.4 is 0 Å². The summed E-state index contributed by atoms with van der Waals surface area (Å²) in [6.45, 7) is 1.83. The second-order valence-electron chi connectivity index (χ2n) is 5.89. The summed E-state index contributed by atoms with van der Waals surface area (Å²) in [5.41, 5.74) is 2.40. The molecule has 0 fully saturated rings. The van der Waals surface area contributed by atoms with E-state index in [9.17, 15) is 8.42 Å². The van der Waals surface area contributed by atoms with Crippen LogP contribution in [0, 0.1) is 6.92 Å². The molecule has 0 bridgehead atoms. The molecule has 0 atom stereocenters. The second kappa shape index (κ2) is 6.79. The quantitative estimate of drug-likeness (QED) is 0.490. The van der Waals surface area contributed by atoms with Crippen LogP contribution in [-0.4, -0.2) is 34.3 Å². The summed E-state index contributed by atoms with van der Waals surface area (Å²) in [7, 11) is -3.77. The minimum atomic E-state index is -3.77. The van der Waals surface area contributed by atoms with Gasteiger partial charge in [-0.05, 0) is 43.5 Å². The van der Waals surface area contributed by atoms with Gasteiger partial charge < -0.3 is 0 Å². The predicted octanol–water partition coefficient (Wildman–Crippen LogP) is 3.65. The van der Waals surface area contributed by atoms with Crippen LogP contribution in [0.25, 0.3) is 17.0 Å². The lowest BCUT2D eigenvalue weighted by Gasteiger charge is -2.07. The number of hydrogen-bond donors (Lipinski definition) is 0. The number of sulfone groups is 1. The van der Waals surface area contributed by atoms with Gasteiger partial charge in [0.25, 0.3) is 0 Å². The third kappa shape index (κ3) is 3.00. The number of nitrogens with zero attached hydrogens (tertiary/aromatic N) is 4. The number of thioether (sulfide) groups is 1. The summed E-state index contributed by atoms with van der Waals surface area (Å²) in [5, 5.41) is 4.95. The summed E-state index contributed by atoms with van der Waals surface area (Å²) in [5.74, 6) is 0. The van der Waals surface area contributed by atoms with Gasteiger partial charge in [0.15, 0.2) is 10.5 Å². The Labute approximate surface area is 161 Å². The average Bonchev–Trinajstić information content (AvgIpc) is 3.08. The van der Waals surface area contributed by atoms with Crippen molar-refractivity contribution < 1.29 is 8.42 Å². The molecule has 0 amide bonds. The Hall–Kier alpha value is -2.71. The normalized spacial score (nSPS) is 11.8. The molecule has 8 heteroatoms. The van der Waals surface area contributed by atoms with Crippen molar-refractivity contribution in [3.05, 3.63) is 66.5 Å². The molecule has 1 aromatic carbocycles. The van der Waals surface area contributed by atoms with Crippen LogP contribution >= 0.6 is 11.8 Å². The van der Waals surface area contributed by atoms with E-state index in [0.29, 0.717) is 27.8 Å². The zero-order valence-corrected chi connectivity index (χ0v) is 16.3. The van der Waals surface area contributed by atoms with Crippen molar-refractivity contribution in [3.63, 3.8) is 0 Å². The monoisotopic (exact) mass is 396 g/mol. The summed E-state index contributed by atoms with van der Waals surface area (Å²) in [6.07, 6.45) is 3.50. The topological polar surface area (TPSA) is 77.2 Å². The first-order valence-electron chi connectivity index (χ1n) is 8.18. The highest BCUT2D eigenvalue weighted by molar-refractivity contribution is 7.99. The van der Waals surface area contributed by atoms with E-state index in [1.165, 1.54) is 11.8 Å². The number of rotatable bonds is 4. The number of benzene rings is 1. The molecule has 0 aliphatic heterocycles. The fourth-order valence-electron chi connectivity index (χ4n) is 2.88. The molecule has 0 saturated heterocycles. The number of aryl methyl sites for hydroxylation is 1. The third-order valence-electron chi connectivity index (χ3n) is 4.09. The van der Waals surface area contributed by atoms with Crippen LogP contribution in [0.15, 0.2) is 75.6 Å². The molecule has 27 heavy (non-hydrogen) atoms. The van der Waals surface area contributed by atoms with Crippen molar-refractivity contribution >= 4 is 27.2 Å². The van der Waals surface area contributed by atoms with E-state index in [4.69, 9.17) is 0 Å². The molecular formula is C19H16N4O2S2. The molecule has 0 aliphatic carbocycles. The molecule has 136 valence electrons. The van der Waals surface area contributed by atoms with E-state index < -0.39 is 9.84 Å². The van der Waals surface area contributed by atoms with Gasteiger partial charge in [-0.1, -0.05) is 24.3 Å². The van der Waals surface area contributed by atoms with E-state index in [1.807, 2.05) is 31.2 Å². The highest BCUT2D eigenvalue weighted by Gasteiger charge is 2.29. The molecule has 4 aromatic rings. The Kier molecular flexibility index (Phi) is 4.45. The van der Waals surface area contributed by atoms with E-state index in [2.05, 4.69) is 15.1 Å². The smallest absolute Gasteiger partial charge is 0.213 e. The fraction of sp³-hybridized carbons (Fsp3) is 0.105. The molecule has 0 radical (unpaired) electrons. The van der Waals surface area contributed by atoms with E-state index in [-0.39, 0.29) is 9.79 Å². The molecule has 0 N–H and O–H groups in total. The van der Waals surface area contributed by atoms with Crippen molar-refractivity contribution in [1.82, 2.24) is 19.6 Å². The number of hydrogen-bond acceptors (Lipinski definition) is 6. The SMILES string of the molecule is CSc1nn2c(-c3ccccn3)cc(C)nc2c1S(=O)(=O)c1ccccc1. The Morgan fingerprint density at radius 3 is 2.44 bits per heavy atom. The Morgan fingerprint density at radius 1 is 1.04 bits per heavy atom. The standard InChI is InChI=1S/C19H16N4O2S2/c1-13-12-16(15-10-6-7-11-20-15)23-18(21-13)17(19(22-23)26-2)27(24,25)14-8-4-3-5-9-14/h3-12H,1-2H3. The maximum Gasteiger partial charge on any atom is 0.213 e. The second-order valence-corrected chi connectivity index (χ2v) is 8.57. The zero-order valence-electron chi connectivity index (χ0n) is 14.7. The summed E-state index contributed by atoms with van der Waals surface area (Å²) in [6, 6.07) is 15.8. The largest absolute Gasteiger partial charge is 0.255 e. The van der Waals surface area contributed by atoms with Gasteiger partial charge in [-0.15, -0.1) is 11.8 Å². The number of aromatic nitrogens is 4. The van der Waals surface area contributed by atoms with Gasteiger partial charge in [-0.2, -0.15) is 5.10 Å². The highest BCUT2D eigenvalue weighted by Crippen LogP contribution is 2.34. The summed E-state index contributed by atoms with van der Waals surface area (Å²) in [4.78, 5) is 9.23. The lowest BCUT2D eigenvalue weighted by Crippen LogP contribution is -2.05. The zero-order chi connectivity index (χ0) is 19.0. The van der Waals surface area contributed by atoms with Gasteiger partial charge in [0.05, 0.1) is 16.3 Å². The highest BCUT2D eigenvalue weighted by atomic mass is 32.2. The molecule has 4 rings (SSSR count). The van der Waals surface area contributed by atoms with Crippen LogP contribution in [0.5, 0.6) is 0 Å². The Morgan fingerprint density at radius 2 is 1.78 bits per heavy atom. The average molecular weight is 396 g/mol. The van der Waals surface area contributed by atoms with Crippen molar-refractivity contribution in [2.75, 3.05) is 6.26 Å². The summed E-state index contributed by atoms with van der Waals surface area (Å²) < 4.78 is 28.2. The predicted molar refractivity (Wildman–Crippen MR) is 105 cm³/mol. The van der Waals surface area contributed by atoms with Crippen molar-refractivity contribution in [1.29, 1.82) is 0 Å². The first-order chi connectivity index (χ1) is 13.0. The molecule has 0 saturated carbocycles. The van der Waals surface area contributed by atoms with Crippen LogP contribution in [0.1, 0.15) is 5.69 Å². The van der Waals surface area contributed by atoms with Crippen molar-refractivity contribution in [2.24, 2.45) is 0 Å². The maximum absolute atomic E-state index is 13.3. The fourth-order valence-corrected chi connectivity index (χ4v) is 5.30. The first-order valence-corrected chi connectivity index (χ1v) is 10.9. The molecule has 3 heterocycles. The Balaban J connectivity index is 2.07. The van der Waals surface area contributed by atoms with Crippen LogP contribution in [-0.2, 0) is 9.84 Å². The van der Waals surface area contributed by atoms with Gasteiger partial charge in [0.2, 0.25) is 9.84 Å². The van der Waals surface area contributed by atoms with E-state index in [0.717, 1.165) is 0 Å². The van der Waals surface area contributed by atoms with Crippen molar-refractivity contribution in [2.45, 2.75) is 21.7 Å². The van der Waals surface area contributed by atoms with Crippen LogP contribution in [0.4, 0.5) is 0 Å². The minimum Gasteiger partial charge on any atom is -0.255 e. The molecule has 0 unspecified atom stereocenters. The summed E-state index contributed by atoms with van der Waals surface area (Å²) >= 11 is 1.28. The molecular weight excluding hydrogens is 380 g/mol. The van der Waals surface area contributed by atoms with Crippen molar-refractivity contribution in [3.8, 4) is 11.4 Å². The first kappa shape index (κ1) is 17.7. The Bertz CT molecular complexity index is 1220. The number of pyridine rings is 1. The third-order valence-corrected chi connectivity index (χ3v) is 6.70. The van der Waals surface area contributed by atoms with E-state index in [1.54, 1.807) is 47.3 Å². The lowest BCUT2D eigenvalue weighted by molar-refractivity contribution is 0.594. The minimum absolute atomic E-state index is 0.127.